The third-order valence-electron chi connectivity index (χ3n) is 3.85. The number of ether oxygens (including phenoxy) is 1. The van der Waals surface area contributed by atoms with E-state index in [1.54, 1.807) is 4.90 Å². The normalized spacial score (nSPS) is 24.8. The maximum atomic E-state index is 12.6. The number of hydrogen-bond acceptors (Lipinski definition) is 4. The molecule has 0 spiro atoms. The summed E-state index contributed by atoms with van der Waals surface area (Å²) in [6.45, 7) is 3.91. The Morgan fingerprint density at radius 1 is 1.11 bits per heavy atom. The summed E-state index contributed by atoms with van der Waals surface area (Å²) in [6.07, 6.45) is 3.27. The van der Waals surface area contributed by atoms with Crippen LogP contribution in [0.3, 0.4) is 0 Å². The molecule has 2 aliphatic rings. The van der Waals surface area contributed by atoms with Crippen molar-refractivity contribution < 1.29 is 14.3 Å². The number of carbonyl (C=O) groups is 2. The number of methoxy groups -OCH3 is 1. The largest absolute Gasteiger partial charge is 0.453 e. The van der Waals surface area contributed by atoms with Gasteiger partial charge in [-0.1, -0.05) is 0 Å². The summed E-state index contributed by atoms with van der Waals surface area (Å²) in [4.78, 5) is 27.8. The molecule has 6 nitrogen and oxygen atoms in total. The van der Waals surface area contributed by atoms with Crippen molar-refractivity contribution in [2.75, 3.05) is 39.8 Å². The number of nitrogens with zero attached hydrogens (tertiary/aromatic N) is 2. The first-order valence-electron chi connectivity index (χ1n) is 7.08. The lowest BCUT2D eigenvalue weighted by Crippen LogP contribution is -2.53. The quantitative estimate of drug-likeness (QED) is 0.750. The molecule has 108 valence electrons. The number of amides is 2. The van der Waals surface area contributed by atoms with Crippen molar-refractivity contribution in [2.45, 2.75) is 31.7 Å². The summed E-state index contributed by atoms with van der Waals surface area (Å²) in [5.41, 5.74) is 0. The Labute approximate surface area is 114 Å². The van der Waals surface area contributed by atoms with Crippen molar-refractivity contribution in [1.29, 1.82) is 0 Å². The van der Waals surface area contributed by atoms with Crippen molar-refractivity contribution in [3.05, 3.63) is 0 Å². The van der Waals surface area contributed by atoms with Crippen molar-refractivity contribution in [3.8, 4) is 0 Å². The number of rotatable bonds is 1. The molecule has 0 aromatic heterocycles. The summed E-state index contributed by atoms with van der Waals surface area (Å²) in [5.74, 6) is 0.0776. The monoisotopic (exact) mass is 269 g/mol. The van der Waals surface area contributed by atoms with E-state index in [0.717, 1.165) is 51.9 Å². The van der Waals surface area contributed by atoms with Crippen LogP contribution in [0, 0.1) is 0 Å². The molecule has 0 radical (unpaired) electrons. The molecule has 2 rings (SSSR count). The van der Waals surface area contributed by atoms with Gasteiger partial charge in [-0.2, -0.15) is 0 Å². The zero-order valence-corrected chi connectivity index (χ0v) is 11.6. The summed E-state index contributed by atoms with van der Waals surface area (Å²) in [7, 11) is 1.37. The molecule has 0 aliphatic carbocycles. The van der Waals surface area contributed by atoms with Gasteiger partial charge in [0.1, 0.15) is 6.04 Å². The molecule has 2 saturated heterocycles. The predicted octanol–water partition coefficient (Wildman–Crippen LogP) is 0.429. The third kappa shape index (κ3) is 3.37. The van der Waals surface area contributed by atoms with Gasteiger partial charge < -0.3 is 15.0 Å². The van der Waals surface area contributed by atoms with E-state index >= 15 is 0 Å². The highest BCUT2D eigenvalue weighted by molar-refractivity contribution is 5.86. The zero-order valence-electron chi connectivity index (χ0n) is 11.6. The van der Waals surface area contributed by atoms with Gasteiger partial charge >= 0.3 is 6.09 Å². The summed E-state index contributed by atoms with van der Waals surface area (Å²) >= 11 is 0. The average molecular weight is 269 g/mol. The maximum Gasteiger partial charge on any atom is 0.410 e. The Morgan fingerprint density at radius 3 is 2.74 bits per heavy atom. The van der Waals surface area contributed by atoms with E-state index in [2.05, 4.69) is 5.32 Å². The van der Waals surface area contributed by atoms with Crippen molar-refractivity contribution in [1.82, 2.24) is 15.1 Å². The fourth-order valence-corrected chi connectivity index (χ4v) is 2.80. The van der Waals surface area contributed by atoms with E-state index in [4.69, 9.17) is 4.74 Å². The van der Waals surface area contributed by atoms with E-state index in [0.29, 0.717) is 6.54 Å². The smallest absolute Gasteiger partial charge is 0.410 e. The minimum absolute atomic E-state index is 0.0776. The van der Waals surface area contributed by atoms with Gasteiger partial charge in [-0.15, -0.1) is 0 Å². The van der Waals surface area contributed by atoms with Gasteiger partial charge in [0, 0.05) is 26.2 Å². The van der Waals surface area contributed by atoms with E-state index in [9.17, 15) is 9.59 Å². The summed E-state index contributed by atoms with van der Waals surface area (Å²) < 4.78 is 4.79. The van der Waals surface area contributed by atoms with Crippen LogP contribution in [0.15, 0.2) is 0 Å². The van der Waals surface area contributed by atoms with Crippen molar-refractivity contribution in [2.24, 2.45) is 0 Å². The summed E-state index contributed by atoms with van der Waals surface area (Å²) in [6, 6.07) is -0.334. The highest BCUT2D eigenvalue weighted by Crippen LogP contribution is 2.20. The Hall–Kier alpha value is -1.30. The molecule has 2 heterocycles. The number of nitrogens with one attached hydrogen (secondary N) is 1. The third-order valence-corrected chi connectivity index (χ3v) is 3.85. The fraction of sp³-hybridized carbons (Fsp3) is 0.846. The average Bonchev–Trinajstić information content (AvgIpc) is 2.74. The maximum absolute atomic E-state index is 12.6. The lowest BCUT2D eigenvalue weighted by Gasteiger charge is -2.36. The first-order valence-corrected chi connectivity index (χ1v) is 7.08. The molecule has 1 atom stereocenters. The minimum Gasteiger partial charge on any atom is -0.453 e. The molecule has 1 N–H and O–H groups in total. The van der Waals surface area contributed by atoms with E-state index < -0.39 is 0 Å². The predicted molar refractivity (Wildman–Crippen MR) is 70.8 cm³/mol. The van der Waals surface area contributed by atoms with E-state index in [1.165, 1.54) is 7.11 Å². The van der Waals surface area contributed by atoms with E-state index in [1.807, 2.05) is 4.90 Å². The first kappa shape index (κ1) is 14.1. The molecule has 0 aromatic rings. The van der Waals surface area contributed by atoms with E-state index in [-0.39, 0.29) is 18.0 Å². The van der Waals surface area contributed by atoms with Gasteiger partial charge in [0.25, 0.3) is 0 Å². The van der Waals surface area contributed by atoms with Crippen LogP contribution in [0.1, 0.15) is 25.7 Å². The second-order valence-corrected chi connectivity index (χ2v) is 5.10. The molecule has 2 amide bonds. The SMILES string of the molecule is COC(=O)N1CCCC[C@H]1C(=O)N1CCCNCC1. The van der Waals surface area contributed by atoms with Crippen LogP contribution < -0.4 is 5.32 Å². The van der Waals surface area contributed by atoms with Crippen LogP contribution in [0.2, 0.25) is 0 Å². The lowest BCUT2D eigenvalue weighted by atomic mass is 10.0. The van der Waals surface area contributed by atoms with Gasteiger partial charge in [0.2, 0.25) is 5.91 Å². The zero-order chi connectivity index (χ0) is 13.7. The number of likely N-dealkylation sites (tertiary alicyclic amines) is 1. The molecule has 0 unspecified atom stereocenters. The van der Waals surface area contributed by atoms with Crippen LogP contribution in [-0.2, 0) is 9.53 Å². The van der Waals surface area contributed by atoms with Gasteiger partial charge in [-0.3, -0.25) is 9.69 Å². The Balaban J connectivity index is 2.03. The fourth-order valence-electron chi connectivity index (χ4n) is 2.80. The number of carbonyl (C=O) groups excluding carboxylic acids is 2. The van der Waals surface area contributed by atoms with Crippen LogP contribution in [-0.4, -0.2) is 67.7 Å². The van der Waals surface area contributed by atoms with Crippen molar-refractivity contribution in [3.63, 3.8) is 0 Å². The van der Waals surface area contributed by atoms with Gasteiger partial charge in [-0.25, -0.2) is 4.79 Å². The molecule has 0 bridgehead atoms. The molecule has 19 heavy (non-hydrogen) atoms. The summed E-state index contributed by atoms with van der Waals surface area (Å²) in [5, 5.41) is 3.28. The Kier molecular flexibility index (Phi) is 5.01. The number of hydrogen-bond donors (Lipinski definition) is 1. The molecule has 2 aliphatic heterocycles. The van der Waals surface area contributed by atoms with Gasteiger partial charge in [0.15, 0.2) is 0 Å². The highest BCUT2D eigenvalue weighted by Gasteiger charge is 2.35. The first-order chi connectivity index (χ1) is 9.24. The van der Waals surface area contributed by atoms with Crippen LogP contribution >= 0.6 is 0 Å². The highest BCUT2D eigenvalue weighted by atomic mass is 16.5. The van der Waals surface area contributed by atoms with Gasteiger partial charge in [0.05, 0.1) is 7.11 Å². The Morgan fingerprint density at radius 2 is 1.95 bits per heavy atom. The van der Waals surface area contributed by atoms with Crippen LogP contribution in [0.5, 0.6) is 0 Å². The molecule has 0 saturated carbocycles. The van der Waals surface area contributed by atoms with Crippen molar-refractivity contribution >= 4 is 12.0 Å². The Bertz CT molecular complexity index is 327. The minimum atomic E-state index is -0.383. The second kappa shape index (κ2) is 6.75. The molecular weight excluding hydrogens is 246 g/mol. The lowest BCUT2D eigenvalue weighted by molar-refractivity contribution is -0.137. The number of piperidine rings is 1. The standard InChI is InChI=1S/C13H23N3O3/c1-19-13(18)16-9-3-2-5-11(16)12(17)15-8-4-6-14-7-10-15/h11,14H,2-10H2,1H3/t11-/m0/s1. The van der Waals surface area contributed by atoms with Crippen LogP contribution in [0.4, 0.5) is 4.79 Å². The second-order valence-electron chi connectivity index (χ2n) is 5.10. The molecule has 0 aromatic carbocycles. The van der Waals surface area contributed by atoms with Gasteiger partial charge in [-0.05, 0) is 32.2 Å². The van der Waals surface area contributed by atoms with Crippen LogP contribution in [0.25, 0.3) is 0 Å². The molecular formula is C13H23N3O3. The molecule has 2 fully saturated rings. The topological polar surface area (TPSA) is 61.9 Å². The molecule has 6 heteroatoms.